The molecule has 9 heteroatoms. The Hall–Kier alpha value is -4.27. The maximum absolute atomic E-state index is 12.7. The van der Waals surface area contributed by atoms with Crippen molar-refractivity contribution in [3.05, 3.63) is 77.2 Å². The van der Waals surface area contributed by atoms with Crippen LogP contribution < -0.4 is 15.2 Å². The van der Waals surface area contributed by atoms with Crippen molar-refractivity contribution in [3.8, 4) is 28.7 Å². The van der Waals surface area contributed by atoms with Gasteiger partial charge in [0.15, 0.2) is 11.5 Å². The SMILES string of the molecule is COc1ccc(Cn2cnc3c4nc(=O)n(-c5ccc(OC)cc5)c-4ncnc32)cc1. The lowest BCUT2D eigenvalue weighted by Gasteiger charge is -2.05. The molecule has 2 aliphatic rings. The van der Waals surface area contributed by atoms with E-state index < -0.39 is 5.69 Å². The number of hydrogen-bond acceptors (Lipinski definition) is 7. The van der Waals surface area contributed by atoms with Crippen molar-refractivity contribution in [2.75, 3.05) is 14.2 Å². The summed E-state index contributed by atoms with van der Waals surface area (Å²) in [5.74, 6) is 1.88. The summed E-state index contributed by atoms with van der Waals surface area (Å²) in [7, 11) is 3.22. The standard InChI is InChI=1S/C22H18N6O3/c1-30-16-7-3-14(4-8-16)11-27-13-25-18-19-21(24-12-23-20(18)27)28(22(29)26-19)15-5-9-17(31-2)10-6-15/h3-10,12-13H,11H2,1-2H3. The quantitative estimate of drug-likeness (QED) is 0.436. The minimum absolute atomic E-state index is 0.396. The first kappa shape index (κ1) is 18.7. The molecule has 0 N–H and O–H groups in total. The fraction of sp³-hybridized carbons (Fsp3) is 0.136. The third-order valence-corrected chi connectivity index (χ3v) is 5.06. The van der Waals surface area contributed by atoms with Gasteiger partial charge in [0.25, 0.3) is 0 Å². The topological polar surface area (TPSA) is 97.0 Å². The molecule has 0 bridgehead atoms. The van der Waals surface area contributed by atoms with E-state index in [1.165, 1.54) is 10.9 Å². The number of rotatable bonds is 5. The highest BCUT2D eigenvalue weighted by atomic mass is 16.5. The number of hydrogen-bond donors (Lipinski definition) is 0. The Labute approximate surface area is 176 Å². The number of fused-ring (bicyclic) bond motifs is 3. The second-order valence-electron chi connectivity index (χ2n) is 6.87. The molecule has 3 heterocycles. The van der Waals surface area contributed by atoms with Gasteiger partial charge in [-0.2, -0.15) is 4.98 Å². The zero-order chi connectivity index (χ0) is 21.4. The largest absolute Gasteiger partial charge is 0.497 e. The first-order valence-electron chi connectivity index (χ1n) is 9.54. The third kappa shape index (κ3) is 3.25. The van der Waals surface area contributed by atoms with Gasteiger partial charge in [-0.1, -0.05) is 12.1 Å². The number of aromatic nitrogens is 6. The van der Waals surface area contributed by atoms with Crippen LogP contribution in [0.4, 0.5) is 0 Å². The van der Waals surface area contributed by atoms with E-state index in [-0.39, 0.29) is 0 Å². The van der Waals surface area contributed by atoms with Crippen LogP contribution in [0.3, 0.4) is 0 Å². The molecule has 0 saturated carbocycles. The molecule has 9 nitrogen and oxygen atoms in total. The summed E-state index contributed by atoms with van der Waals surface area (Å²) in [5, 5.41) is 0. The Bertz CT molecular complexity index is 1390. The van der Waals surface area contributed by atoms with Gasteiger partial charge in [-0.05, 0) is 42.0 Å². The van der Waals surface area contributed by atoms with Crippen molar-refractivity contribution < 1.29 is 9.47 Å². The van der Waals surface area contributed by atoms with E-state index in [1.807, 2.05) is 28.8 Å². The van der Waals surface area contributed by atoms with Crippen molar-refractivity contribution in [2.45, 2.75) is 6.54 Å². The van der Waals surface area contributed by atoms with Crippen LogP contribution in [0.2, 0.25) is 0 Å². The van der Waals surface area contributed by atoms with E-state index in [4.69, 9.17) is 9.47 Å². The van der Waals surface area contributed by atoms with Crippen molar-refractivity contribution in [1.29, 1.82) is 0 Å². The van der Waals surface area contributed by atoms with Crippen LogP contribution in [-0.4, -0.2) is 43.3 Å². The fourth-order valence-electron chi connectivity index (χ4n) is 3.49. The molecule has 3 aromatic rings. The fourth-order valence-corrected chi connectivity index (χ4v) is 3.49. The molecule has 0 radical (unpaired) electrons. The Morgan fingerprint density at radius 3 is 2.23 bits per heavy atom. The maximum Gasteiger partial charge on any atom is 0.354 e. The van der Waals surface area contributed by atoms with Gasteiger partial charge < -0.3 is 14.0 Å². The van der Waals surface area contributed by atoms with E-state index in [0.717, 1.165) is 11.3 Å². The van der Waals surface area contributed by atoms with Gasteiger partial charge in [0.2, 0.25) is 0 Å². The normalized spacial score (nSPS) is 11.2. The summed E-state index contributed by atoms with van der Waals surface area (Å²) in [6.45, 7) is 0.558. The van der Waals surface area contributed by atoms with Crippen LogP contribution in [0, 0.1) is 0 Å². The lowest BCUT2D eigenvalue weighted by Crippen LogP contribution is -2.14. The lowest BCUT2D eigenvalue weighted by atomic mass is 10.2. The van der Waals surface area contributed by atoms with E-state index >= 15 is 0 Å². The molecule has 2 aromatic carbocycles. The molecule has 0 saturated heterocycles. The number of ether oxygens (including phenoxy) is 2. The van der Waals surface area contributed by atoms with Gasteiger partial charge in [0.05, 0.1) is 32.8 Å². The van der Waals surface area contributed by atoms with Crippen LogP contribution in [0.5, 0.6) is 11.5 Å². The van der Waals surface area contributed by atoms with Crippen LogP contribution in [0.25, 0.3) is 28.4 Å². The second kappa shape index (κ2) is 7.52. The smallest absolute Gasteiger partial charge is 0.354 e. The average Bonchev–Trinajstić information content (AvgIpc) is 3.29. The maximum atomic E-state index is 12.7. The molecule has 5 rings (SSSR count). The second-order valence-corrected chi connectivity index (χ2v) is 6.87. The molecule has 2 aliphatic heterocycles. The number of benzene rings is 2. The zero-order valence-corrected chi connectivity index (χ0v) is 16.9. The first-order valence-corrected chi connectivity index (χ1v) is 9.54. The molecule has 154 valence electrons. The summed E-state index contributed by atoms with van der Waals surface area (Å²) in [6.07, 6.45) is 3.12. The van der Waals surface area contributed by atoms with Crippen LogP contribution in [0.1, 0.15) is 5.56 Å². The van der Waals surface area contributed by atoms with E-state index in [0.29, 0.717) is 40.7 Å². The van der Waals surface area contributed by atoms with Gasteiger partial charge in [-0.3, -0.25) is 0 Å². The van der Waals surface area contributed by atoms with Crippen LogP contribution >= 0.6 is 0 Å². The van der Waals surface area contributed by atoms with E-state index in [2.05, 4.69) is 19.9 Å². The predicted octanol–water partition coefficient (Wildman–Crippen LogP) is 2.54. The van der Waals surface area contributed by atoms with Crippen molar-refractivity contribution in [2.24, 2.45) is 0 Å². The Kier molecular flexibility index (Phi) is 4.55. The highest BCUT2D eigenvalue weighted by Crippen LogP contribution is 2.26. The summed E-state index contributed by atoms with van der Waals surface area (Å²) >= 11 is 0. The summed E-state index contributed by atoms with van der Waals surface area (Å²) in [5.41, 5.74) is 2.79. The molecule has 0 aliphatic carbocycles. The molecular weight excluding hydrogens is 396 g/mol. The molecule has 0 unspecified atom stereocenters. The molecule has 0 fully saturated rings. The zero-order valence-electron chi connectivity index (χ0n) is 16.9. The van der Waals surface area contributed by atoms with Crippen molar-refractivity contribution in [3.63, 3.8) is 0 Å². The van der Waals surface area contributed by atoms with Gasteiger partial charge in [-0.25, -0.2) is 24.3 Å². The van der Waals surface area contributed by atoms with Gasteiger partial charge >= 0.3 is 5.69 Å². The summed E-state index contributed by atoms with van der Waals surface area (Å²) in [4.78, 5) is 30.3. The predicted molar refractivity (Wildman–Crippen MR) is 114 cm³/mol. The molecule has 0 amide bonds. The van der Waals surface area contributed by atoms with E-state index in [9.17, 15) is 4.79 Å². The Balaban J connectivity index is 1.58. The van der Waals surface area contributed by atoms with E-state index in [1.54, 1.807) is 44.8 Å². The highest BCUT2D eigenvalue weighted by Gasteiger charge is 2.22. The molecule has 1 aromatic heterocycles. The molecule has 0 atom stereocenters. The van der Waals surface area contributed by atoms with Crippen molar-refractivity contribution >= 4 is 11.2 Å². The summed E-state index contributed by atoms with van der Waals surface area (Å²) in [6, 6.07) is 14.9. The van der Waals surface area contributed by atoms with Crippen LogP contribution in [-0.2, 0) is 6.54 Å². The minimum atomic E-state index is -0.426. The number of nitrogens with zero attached hydrogens (tertiary/aromatic N) is 6. The number of imidazole rings is 2. The number of methoxy groups -OCH3 is 2. The monoisotopic (exact) mass is 414 g/mol. The van der Waals surface area contributed by atoms with Gasteiger partial charge in [0, 0.05) is 0 Å². The lowest BCUT2D eigenvalue weighted by molar-refractivity contribution is 0.414. The molecule has 31 heavy (non-hydrogen) atoms. The first-order chi connectivity index (χ1) is 15.2. The molecular formula is C22H18N6O3. The average molecular weight is 414 g/mol. The Morgan fingerprint density at radius 2 is 1.55 bits per heavy atom. The molecule has 0 spiro atoms. The highest BCUT2D eigenvalue weighted by molar-refractivity contribution is 5.85. The van der Waals surface area contributed by atoms with Gasteiger partial charge in [-0.15, -0.1) is 0 Å². The minimum Gasteiger partial charge on any atom is -0.497 e. The van der Waals surface area contributed by atoms with Crippen molar-refractivity contribution in [1.82, 2.24) is 29.1 Å². The summed E-state index contributed by atoms with van der Waals surface area (Å²) < 4.78 is 13.7. The van der Waals surface area contributed by atoms with Crippen LogP contribution in [0.15, 0.2) is 66.0 Å². The Morgan fingerprint density at radius 1 is 0.871 bits per heavy atom. The third-order valence-electron chi connectivity index (χ3n) is 5.06. The van der Waals surface area contributed by atoms with Gasteiger partial charge in [0.1, 0.15) is 29.0 Å².